The lowest BCUT2D eigenvalue weighted by atomic mass is 10.1. The van der Waals surface area contributed by atoms with Crippen LogP contribution < -0.4 is 0 Å². The smallest absolute Gasteiger partial charge is 0.149 e. The number of rotatable bonds is 0. The first-order valence-corrected chi connectivity index (χ1v) is 16.2. The van der Waals surface area contributed by atoms with Gasteiger partial charge in [0.1, 0.15) is 44.7 Å². The molecular weight excluding hydrogens is 783 g/mol. The van der Waals surface area contributed by atoms with Gasteiger partial charge in [-0.25, -0.2) is 0 Å². The third-order valence-electron chi connectivity index (χ3n) is 7.95. The summed E-state index contributed by atoms with van der Waals surface area (Å²) in [6.45, 7) is 0. The average Bonchev–Trinajstić information content (AvgIpc) is 3.76. The summed E-state index contributed by atoms with van der Waals surface area (Å²) in [6, 6.07) is 34.8. The van der Waals surface area contributed by atoms with Crippen LogP contribution in [0.4, 0.5) is 0 Å². The summed E-state index contributed by atoms with van der Waals surface area (Å²) in [7, 11) is 0. The number of para-hydroxylation sites is 3. The first-order valence-electron chi connectivity index (χ1n) is 13.6. The third kappa shape index (κ3) is 3.98. The molecule has 0 spiro atoms. The largest absolute Gasteiger partial charge is 0.456 e. The van der Waals surface area contributed by atoms with E-state index in [1.165, 1.54) is 3.57 Å². The van der Waals surface area contributed by atoms with Crippen molar-refractivity contribution in [1.82, 2.24) is 0 Å². The van der Waals surface area contributed by atoms with Gasteiger partial charge in [-0.1, -0.05) is 42.5 Å². The van der Waals surface area contributed by atoms with E-state index < -0.39 is 0 Å². The van der Waals surface area contributed by atoms with Gasteiger partial charge in [-0.2, -0.15) is 0 Å². The van der Waals surface area contributed by atoms with Gasteiger partial charge in [-0.3, -0.25) is 0 Å². The quantitative estimate of drug-likeness (QED) is 0.143. The van der Waals surface area contributed by atoms with E-state index in [9.17, 15) is 0 Å². The summed E-state index contributed by atoms with van der Waals surface area (Å²) in [6.07, 6.45) is 0. The van der Waals surface area contributed by atoms with Crippen LogP contribution in [-0.2, 0) is 0 Å². The van der Waals surface area contributed by atoms with E-state index in [-0.39, 0.29) is 0 Å². The molecule has 0 aliphatic rings. The molecule has 0 aliphatic heterocycles. The number of hydrogen-bond donors (Lipinski definition) is 0. The van der Waals surface area contributed by atoms with Gasteiger partial charge in [0.15, 0.2) is 0 Å². The molecule has 0 N–H and O–H groups in total. The minimum Gasteiger partial charge on any atom is -0.456 e. The Labute approximate surface area is 273 Å². The van der Waals surface area contributed by atoms with Crippen LogP contribution in [0, 0.1) is 3.57 Å². The van der Waals surface area contributed by atoms with Gasteiger partial charge in [-0.05, 0) is 115 Å². The highest BCUT2D eigenvalue weighted by molar-refractivity contribution is 14.1. The van der Waals surface area contributed by atoms with Crippen LogP contribution in [0.3, 0.4) is 0 Å². The minimum absolute atomic E-state index is 0.879. The van der Waals surface area contributed by atoms with Crippen LogP contribution in [-0.4, -0.2) is 0 Å². The summed E-state index contributed by atoms with van der Waals surface area (Å²) in [4.78, 5) is 0. The minimum atomic E-state index is 0.879. The van der Waals surface area contributed by atoms with E-state index in [0.717, 1.165) is 96.7 Å². The van der Waals surface area contributed by atoms with Gasteiger partial charge in [0.05, 0.1) is 8.95 Å². The number of hydrogen-bond acceptors (Lipinski definition) is 4. The van der Waals surface area contributed by atoms with Crippen LogP contribution in [0.1, 0.15) is 0 Å². The molecule has 0 atom stereocenters. The molecule has 10 aromatic rings. The molecule has 43 heavy (non-hydrogen) atoms. The molecule has 0 unspecified atom stereocenters. The Morgan fingerprint density at radius 3 is 1.42 bits per heavy atom. The molecule has 0 amide bonds. The lowest BCUT2D eigenvalue weighted by Crippen LogP contribution is -1.70. The second kappa shape index (κ2) is 9.61. The van der Waals surface area contributed by atoms with Gasteiger partial charge in [0, 0.05) is 46.7 Å². The Bertz CT molecular complexity index is 2730. The molecule has 0 fully saturated rings. The number of halogens is 3. The maximum absolute atomic E-state index is 6.05. The van der Waals surface area contributed by atoms with Crippen LogP contribution in [0.25, 0.3) is 87.8 Å². The molecule has 0 radical (unpaired) electrons. The standard InChI is InChI=1S/C18H8BrIO2.C18H9BrO2/c19-14-3-1-2-10-12-7-16-13(8-17(12)22-18(10)14)11-6-9(20)4-5-15(11)21-16;19-14-6-3-5-11-13-9-16-12(8-17(13)21-18(11)14)10-4-1-2-7-15(10)20-16/h1-8H;1-9H. The van der Waals surface area contributed by atoms with Crippen molar-refractivity contribution in [3.05, 3.63) is 116 Å². The second-order valence-corrected chi connectivity index (χ2v) is 13.4. The average molecular weight is 800 g/mol. The summed E-state index contributed by atoms with van der Waals surface area (Å²) >= 11 is 9.42. The molecule has 0 aliphatic carbocycles. The molecule has 6 aromatic carbocycles. The van der Waals surface area contributed by atoms with E-state index in [0.29, 0.717) is 0 Å². The van der Waals surface area contributed by atoms with Crippen molar-refractivity contribution in [2.75, 3.05) is 0 Å². The normalized spacial score (nSPS) is 12.1. The molecule has 4 aromatic heterocycles. The Morgan fingerprint density at radius 2 is 0.814 bits per heavy atom. The Hall–Kier alpha value is -3.79. The van der Waals surface area contributed by atoms with Crippen molar-refractivity contribution in [1.29, 1.82) is 0 Å². The fourth-order valence-electron chi connectivity index (χ4n) is 5.99. The number of furan rings is 4. The highest BCUT2D eigenvalue weighted by Gasteiger charge is 2.16. The molecule has 0 bridgehead atoms. The Balaban J connectivity index is 0.000000121. The van der Waals surface area contributed by atoms with Crippen molar-refractivity contribution in [2.24, 2.45) is 0 Å². The molecule has 10 rings (SSSR count). The Kier molecular flexibility index (Phi) is 5.74. The van der Waals surface area contributed by atoms with Crippen LogP contribution in [0.5, 0.6) is 0 Å². The van der Waals surface area contributed by atoms with Crippen molar-refractivity contribution in [3.8, 4) is 0 Å². The van der Waals surface area contributed by atoms with E-state index in [1.807, 2.05) is 48.5 Å². The number of benzene rings is 6. The lowest BCUT2D eigenvalue weighted by Gasteiger charge is -1.92. The molecule has 0 saturated carbocycles. The molecular formula is C36H17Br2IO4. The zero-order valence-corrected chi connectivity index (χ0v) is 27.4. The summed E-state index contributed by atoms with van der Waals surface area (Å²) in [5.74, 6) is 0. The highest BCUT2D eigenvalue weighted by Crippen LogP contribution is 2.40. The summed E-state index contributed by atoms with van der Waals surface area (Å²) < 4.78 is 27.2. The molecule has 206 valence electrons. The third-order valence-corrected chi connectivity index (χ3v) is 9.87. The van der Waals surface area contributed by atoms with Crippen LogP contribution >= 0.6 is 54.5 Å². The monoisotopic (exact) mass is 798 g/mol. The predicted octanol–water partition coefficient (Wildman–Crippen LogP) is 13.1. The SMILES string of the molecule is Brc1cccc2c1oc1cc3c(cc12)oc1ccc(I)cc13.Brc1cccc2c1oc1cc3c(cc12)oc1ccccc13. The van der Waals surface area contributed by atoms with Crippen molar-refractivity contribution in [3.63, 3.8) is 0 Å². The fraction of sp³-hybridized carbons (Fsp3) is 0. The molecule has 0 saturated heterocycles. The molecule has 4 heterocycles. The summed E-state index contributed by atoms with van der Waals surface area (Å²) in [5.41, 5.74) is 7.14. The van der Waals surface area contributed by atoms with Crippen LogP contribution in [0.2, 0.25) is 0 Å². The van der Waals surface area contributed by atoms with Crippen molar-refractivity contribution >= 4 is 142 Å². The zero-order valence-electron chi connectivity index (χ0n) is 22.1. The molecule has 7 heteroatoms. The van der Waals surface area contributed by atoms with Gasteiger partial charge < -0.3 is 17.7 Å². The summed E-state index contributed by atoms with van der Waals surface area (Å²) in [5, 5.41) is 8.79. The topological polar surface area (TPSA) is 52.6 Å². The van der Waals surface area contributed by atoms with E-state index >= 15 is 0 Å². The van der Waals surface area contributed by atoms with E-state index in [1.54, 1.807) is 0 Å². The van der Waals surface area contributed by atoms with Crippen LogP contribution in [0.15, 0.2) is 130 Å². The molecule has 4 nitrogen and oxygen atoms in total. The van der Waals surface area contributed by atoms with Gasteiger partial charge in [-0.15, -0.1) is 0 Å². The predicted molar refractivity (Wildman–Crippen MR) is 190 cm³/mol. The zero-order chi connectivity index (χ0) is 28.8. The van der Waals surface area contributed by atoms with Crippen molar-refractivity contribution in [2.45, 2.75) is 0 Å². The van der Waals surface area contributed by atoms with Gasteiger partial charge in [0.25, 0.3) is 0 Å². The Morgan fingerprint density at radius 1 is 0.372 bits per heavy atom. The lowest BCUT2D eigenvalue weighted by molar-refractivity contribution is 0.663. The first-order chi connectivity index (χ1) is 21.0. The van der Waals surface area contributed by atoms with E-state index in [2.05, 4.69) is 109 Å². The highest BCUT2D eigenvalue weighted by atomic mass is 127. The maximum atomic E-state index is 6.05. The van der Waals surface area contributed by atoms with Gasteiger partial charge in [0.2, 0.25) is 0 Å². The second-order valence-electron chi connectivity index (χ2n) is 10.5. The maximum Gasteiger partial charge on any atom is 0.149 e. The van der Waals surface area contributed by atoms with E-state index in [4.69, 9.17) is 17.7 Å². The van der Waals surface area contributed by atoms with Crippen molar-refractivity contribution < 1.29 is 17.7 Å². The first kappa shape index (κ1) is 25.7. The number of fused-ring (bicyclic) bond motifs is 12. The van der Waals surface area contributed by atoms with Gasteiger partial charge >= 0.3 is 0 Å². The fourth-order valence-corrected chi connectivity index (χ4v) is 7.37.